The van der Waals surface area contributed by atoms with E-state index in [-0.39, 0.29) is 5.91 Å². The molecule has 0 aromatic heterocycles. The molecule has 1 N–H and O–H groups in total. The molecule has 0 spiro atoms. The second-order valence-electron chi connectivity index (χ2n) is 5.90. The summed E-state index contributed by atoms with van der Waals surface area (Å²) in [7, 11) is 0. The molecular formula is C17H25NO2S. The quantitative estimate of drug-likeness (QED) is 0.839. The number of hydrogen-bond donors (Lipinski definition) is 1. The molecule has 1 unspecified atom stereocenters. The minimum atomic E-state index is -0.454. The lowest BCUT2D eigenvalue weighted by Crippen LogP contribution is -2.43. The Hall–Kier alpha value is -1.16. The first-order chi connectivity index (χ1) is 10.1. The van der Waals surface area contributed by atoms with Crippen LogP contribution in [-0.2, 0) is 4.79 Å². The lowest BCUT2D eigenvalue weighted by atomic mass is 9.87. The molecule has 0 saturated heterocycles. The van der Waals surface area contributed by atoms with Crippen LogP contribution in [0.25, 0.3) is 0 Å². The van der Waals surface area contributed by atoms with Crippen molar-refractivity contribution >= 4 is 17.7 Å². The van der Waals surface area contributed by atoms with Crippen molar-refractivity contribution in [2.24, 2.45) is 5.92 Å². The van der Waals surface area contributed by atoms with Crippen LogP contribution in [-0.4, -0.2) is 24.3 Å². The van der Waals surface area contributed by atoms with Crippen LogP contribution in [0.5, 0.6) is 5.75 Å². The van der Waals surface area contributed by atoms with Gasteiger partial charge in [0.05, 0.1) is 0 Å². The van der Waals surface area contributed by atoms with Gasteiger partial charge in [-0.1, -0.05) is 6.92 Å². The fraction of sp³-hybridized carbons (Fsp3) is 0.588. The van der Waals surface area contributed by atoms with Crippen LogP contribution in [0.4, 0.5) is 0 Å². The van der Waals surface area contributed by atoms with Gasteiger partial charge in [0.25, 0.3) is 5.91 Å². The normalized spacial score (nSPS) is 23.4. The first-order valence-electron chi connectivity index (χ1n) is 7.69. The van der Waals surface area contributed by atoms with Gasteiger partial charge in [0.2, 0.25) is 0 Å². The summed E-state index contributed by atoms with van der Waals surface area (Å²) in [5, 5.41) is 3.11. The van der Waals surface area contributed by atoms with Gasteiger partial charge in [0, 0.05) is 10.9 Å². The summed E-state index contributed by atoms with van der Waals surface area (Å²) in [6, 6.07) is 8.16. The molecule has 116 valence electrons. The summed E-state index contributed by atoms with van der Waals surface area (Å²) < 4.78 is 5.72. The number of carbonyl (C=O) groups excluding carboxylic acids is 1. The summed E-state index contributed by atoms with van der Waals surface area (Å²) >= 11 is 1.69. The van der Waals surface area contributed by atoms with Gasteiger partial charge < -0.3 is 10.1 Å². The van der Waals surface area contributed by atoms with Gasteiger partial charge in [-0.3, -0.25) is 4.79 Å². The molecule has 1 aliphatic carbocycles. The standard InChI is InChI=1S/C17H25NO2S/c1-12-4-6-14(7-5-12)18-17(19)13(2)20-15-8-10-16(21-3)11-9-15/h8-14H,4-7H2,1-3H3,(H,18,19). The second kappa shape index (κ2) is 7.74. The molecule has 0 bridgehead atoms. The smallest absolute Gasteiger partial charge is 0.260 e. The topological polar surface area (TPSA) is 38.3 Å². The molecule has 1 aliphatic rings. The lowest BCUT2D eigenvalue weighted by Gasteiger charge is -2.28. The van der Waals surface area contributed by atoms with Crippen LogP contribution >= 0.6 is 11.8 Å². The maximum absolute atomic E-state index is 12.2. The number of rotatable bonds is 5. The van der Waals surface area contributed by atoms with E-state index in [2.05, 4.69) is 12.2 Å². The average molecular weight is 307 g/mol. The molecule has 1 amide bonds. The Morgan fingerprint density at radius 1 is 1.24 bits per heavy atom. The Bertz CT molecular complexity index is 452. The molecule has 1 fully saturated rings. The Morgan fingerprint density at radius 3 is 2.43 bits per heavy atom. The summed E-state index contributed by atoms with van der Waals surface area (Å²) in [5.41, 5.74) is 0. The summed E-state index contributed by atoms with van der Waals surface area (Å²) in [5.74, 6) is 1.53. The third-order valence-electron chi connectivity index (χ3n) is 4.10. The fourth-order valence-corrected chi connectivity index (χ4v) is 3.04. The third kappa shape index (κ3) is 4.95. The predicted octanol–water partition coefficient (Wildman–Crippen LogP) is 3.87. The number of thioether (sulfide) groups is 1. The van der Waals surface area contributed by atoms with E-state index in [9.17, 15) is 4.79 Å². The van der Waals surface area contributed by atoms with E-state index in [0.29, 0.717) is 6.04 Å². The van der Waals surface area contributed by atoms with E-state index in [4.69, 9.17) is 4.74 Å². The molecule has 0 heterocycles. The van der Waals surface area contributed by atoms with Crippen molar-refractivity contribution < 1.29 is 9.53 Å². The molecule has 0 radical (unpaired) electrons. The van der Waals surface area contributed by atoms with E-state index < -0.39 is 6.10 Å². The zero-order valence-corrected chi connectivity index (χ0v) is 13.9. The highest BCUT2D eigenvalue weighted by Crippen LogP contribution is 2.24. The lowest BCUT2D eigenvalue weighted by molar-refractivity contribution is -0.128. The maximum atomic E-state index is 12.2. The van der Waals surface area contributed by atoms with E-state index in [1.54, 1.807) is 11.8 Å². The molecule has 4 heteroatoms. The first kappa shape index (κ1) is 16.2. The highest BCUT2D eigenvalue weighted by Gasteiger charge is 2.22. The fourth-order valence-electron chi connectivity index (χ4n) is 2.63. The van der Waals surface area contributed by atoms with Crippen LogP contribution in [0.3, 0.4) is 0 Å². The molecule has 1 aromatic carbocycles. The van der Waals surface area contributed by atoms with Crippen molar-refractivity contribution in [3.05, 3.63) is 24.3 Å². The maximum Gasteiger partial charge on any atom is 0.260 e. The Morgan fingerprint density at radius 2 is 1.86 bits per heavy atom. The second-order valence-corrected chi connectivity index (χ2v) is 6.78. The molecular weight excluding hydrogens is 282 g/mol. The van der Waals surface area contributed by atoms with E-state index in [0.717, 1.165) is 24.5 Å². The molecule has 1 aromatic rings. The first-order valence-corrected chi connectivity index (χ1v) is 8.92. The van der Waals surface area contributed by atoms with Crippen molar-refractivity contribution in [3.63, 3.8) is 0 Å². The van der Waals surface area contributed by atoms with Gasteiger partial charge in [0.15, 0.2) is 6.10 Å². The van der Waals surface area contributed by atoms with Crippen LogP contribution < -0.4 is 10.1 Å². The van der Waals surface area contributed by atoms with Crippen LogP contribution in [0, 0.1) is 5.92 Å². The SMILES string of the molecule is CSc1ccc(OC(C)C(=O)NC2CCC(C)CC2)cc1. The highest BCUT2D eigenvalue weighted by molar-refractivity contribution is 7.98. The van der Waals surface area contributed by atoms with E-state index >= 15 is 0 Å². The minimum absolute atomic E-state index is 0.0107. The molecule has 3 nitrogen and oxygen atoms in total. The van der Waals surface area contributed by atoms with Crippen molar-refractivity contribution in [3.8, 4) is 5.75 Å². The monoisotopic (exact) mass is 307 g/mol. The zero-order chi connectivity index (χ0) is 15.2. The van der Waals surface area contributed by atoms with Gasteiger partial charge in [-0.2, -0.15) is 0 Å². The van der Waals surface area contributed by atoms with Crippen LogP contribution in [0.2, 0.25) is 0 Å². The number of ether oxygens (including phenoxy) is 1. The number of benzene rings is 1. The van der Waals surface area contributed by atoms with Crippen LogP contribution in [0.15, 0.2) is 29.2 Å². The number of nitrogens with one attached hydrogen (secondary N) is 1. The highest BCUT2D eigenvalue weighted by atomic mass is 32.2. The average Bonchev–Trinajstić information content (AvgIpc) is 2.50. The van der Waals surface area contributed by atoms with Crippen molar-refractivity contribution in [1.29, 1.82) is 0 Å². The summed E-state index contributed by atoms with van der Waals surface area (Å²) in [4.78, 5) is 13.4. The van der Waals surface area contributed by atoms with E-state index in [1.165, 1.54) is 17.7 Å². The molecule has 0 aliphatic heterocycles. The van der Waals surface area contributed by atoms with Crippen molar-refractivity contribution in [2.45, 2.75) is 56.6 Å². The molecule has 1 saturated carbocycles. The van der Waals surface area contributed by atoms with E-state index in [1.807, 2.05) is 37.4 Å². The molecule has 1 atom stereocenters. The largest absolute Gasteiger partial charge is 0.481 e. The Balaban J connectivity index is 1.81. The van der Waals surface area contributed by atoms with Gasteiger partial charge in [0.1, 0.15) is 5.75 Å². The summed E-state index contributed by atoms with van der Waals surface area (Å²) in [6.45, 7) is 4.09. The molecule has 21 heavy (non-hydrogen) atoms. The zero-order valence-electron chi connectivity index (χ0n) is 13.1. The van der Waals surface area contributed by atoms with Crippen LogP contribution in [0.1, 0.15) is 39.5 Å². The molecule has 2 rings (SSSR count). The minimum Gasteiger partial charge on any atom is -0.481 e. The van der Waals surface area contributed by atoms with Gasteiger partial charge in [-0.25, -0.2) is 0 Å². The number of amides is 1. The van der Waals surface area contributed by atoms with Gasteiger partial charge in [-0.05, 0) is 69.0 Å². The third-order valence-corrected chi connectivity index (χ3v) is 4.85. The van der Waals surface area contributed by atoms with Crippen molar-refractivity contribution in [1.82, 2.24) is 5.32 Å². The number of carbonyl (C=O) groups is 1. The van der Waals surface area contributed by atoms with Gasteiger partial charge in [-0.15, -0.1) is 11.8 Å². The predicted molar refractivity (Wildman–Crippen MR) is 87.9 cm³/mol. The Labute approximate surface area is 131 Å². The van der Waals surface area contributed by atoms with Crippen molar-refractivity contribution in [2.75, 3.05) is 6.26 Å². The Kier molecular flexibility index (Phi) is 5.97. The van der Waals surface area contributed by atoms with Gasteiger partial charge >= 0.3 is 0 Å². The summed E-state index contributed by atoms with van der Waals surface area (Å²) in [6.07, 6.45) is 6.16. The number of hydrogen-bond acceptors (Lipinski definition) is 3.